The van der Waals surface area contributed by atoms with Crippen LogP contribution in [0.1, 0.15) is 45.0 Å². The third-order valence-electron chi connectivity index (χ3n) is 7.24. The Kier molecular flexibility index (Phi) is 11.8. The summed E-state index contributed by atoms with van der Waals surface area (Å²) >= 11 is 7.03. The van der Waals surface area contributed by atoms with Crippen LogP contribution in [0.4, 0.5) is 30.7 Å². The molecule has 0 amide bonds. The van der Waals surface area contributed by atoms with E-state index in [1.165, 1.54) is 24.5 Å². The van der Waals surface area contributed by atoms with Crippen molar-refractivity contribution in [2.75, 3.05) is 26.0 Å². The van der Waals surface area contributed by atoms with E-state index in [0.29, 0.717) is 19.5 Å². The van der Waals surface area contributed by atoms with Crippen molar-refractivity contribution in [1.82, 2.24) is 4.90 Å². The number of hydrogen-bond acceptors (Lipinski definition) is 4. The minimum Gasteiger partial charge on any atom is -0.493 e. The number of Topliss-reactive ketones (excluding diaryl/α,β-unsaturated/α-hetero) is 1. The molecule has 0 N–H and O–H groups in total. The van der Waals surface area contributed by atoms with Crippen LogP contribution in [-0.2, 0) is 12.7 Å². The van der Waals surface area contributed by atoms with Crippen molar-refractivity contribution in [3.8, 4) is 5.75 Å². The zero-order valence-corrected chi connectivity index (χ0v) is 26.0. The van der Waals surface area contributed by atoms with Crippen LogP contribution in [0.25, 0.3) is 0 Å². The van der Waals surface area contributed by atoms with Gasteiger partial charge in [-0.15, -0.1) is 11.8 Å². The lowest BCUT2D eigenvalue weighted by Crippen LogP contribution is -2.31. The van der Waals surface area contributed by atoms with Crippen molar-refractivity contribution in [2.45, 2.75) is 36.1 Å². The largest absolute Gasteiger partial charge is 0.493 e. The number of nitrogens with zero attached hydrogens (tertiary/aromatic N) is 1. The van der Waals surface area contributed by atoms with Gasteiger partial charge in [-0.2, -0.15) is 26.3 Å². The molecule has 0 spiro atoms. The predicted octanol–water partition coefficient (Wildman–Crippen LogP) is 10.1. The smallest absolute Gasteiger partial charge is 0.455 e. The highest BCUT2D eigenvalue weighted by Crippen LogP contribution is 2.37. The van der Waals surface area contributed by atoms with Crippen molar-refractivity contribution >= 4 is 29.1 Å². The molecule has 0 radical (unpaired) electrons. The van der Waals surface area contributed by atoms with Crippen molar-refractivity contribution < 1.29 is 40.3 Å². The minimum absolute atomic E-state index is 0.00793. The van der Waals surface area contributed by atoms with Crippen LogP contribution in [0.15, 0.2) is 95.9 Å². The van der Waals surface area contributed by atoms with Gasteiger partial charge in [0, 0.05) is 36.5 Å². The molecule has 0 aromatic heterocycles. The van der Waals surface area contributed by atoms with E-state index < -0.39 is 35.1 Å². The lowest BCUT2D eigenvalue weighted by Gasteiger charge is -2.29. The average Bonchev–Trinajstić information content (AvgIpc) is 3.01. The van der Waals surface area contributed by atoms with Gasteiger partial charge >= 0.3 is 12.4 Å². The second-order valence-corrected chi connectivity index (χ2v) is 11.6. The highest BCUT2D eigenvalue weighted by Gasteiger charge is 2.42. The molecule has 0 heterocycles. The Morgan fingerprint density at radius 2 is 1.50 bits per heavy atom. The molecule has 12 heteroatoms. The Morgan fingerprint density at radius 1 is 0.891 bits per heavy atom. The van der Waals surface area contributed by atoms with Crippen molar-refractivity contribution in [3.05, 3.63) is 130 Å². The van der Waals surface area contributed by atoms with E-state index in [0.717, 1.165) is 35.0 Å². The zero-order valence-electron chi connectivity index (χ0n) is 24.5. The van der Waals surface area contributed by atoms with Crippen LogP contribution in [-0.4, -0.2) is 42.8 Å². The number of thioether (sulfide) groups is 1. The summed E-state index contributed by atoms with van der Waals surface area (Å²) in [5.41, 5.74) is 0.284. The lowest BCUT2D eigenvalue weighted by molar-refractivity contribution is -0.137. The first-order valence-corrected chi connectivity index (χ1v) is 15.7. The summed E-state index contributed by atoms with van der Waals surface area (Å²) in [6, 6.07) is 25.0. The van der Waals surface area contributed by atoms with Gasteiger partial charge in [0.2, 0.25) is 0 Å². The maximum Gasteiger partial charge on any atom is 0.455 e. The minimum atomic E-state index is -5.24. The Hall–Kier alpha value is -3.54. The van der Waals surface area contributed by atoms with E-state index in [2.05, 4.69) is 0 Å². The van der Waals surface area contributed by atoms with Crippen LogP contribution in [0.5, 0.6) is 5.75 Å². The van der Waals surface area contributed by atoms with Crippen LogP contribution >= 0.6 is 23.4 Å². The number of ether oxygens (including phenoxy) is 1. The molecule has 0 fully saturated rings. The molecule has 4 aromatic carbocycles. The second kappa shape index (κ2) is 15.4. The van der Waals surface area contributed by atoms with E-state index >= 15 is 0 Å². The number of benzene rings is 4. The summed E-state index contributed by atoms with van der Waals surface area (Å²) in [7, 11) is 0. The van der Waals surface area contributed by atoms with Crippen molar-refractivity contribution in [1.29, 1.82) is 0 Å². The maximum absolute atomic E-state index is 14.7. The number of rotatable bonds is 13. The SMILES string of the molecule is CSc1cc(OCCCN(Cc2cccc(C(F)(F)F)c2Cl)CC(c2ccccc2)c2ccccc2)cc(F)c1C(=O)C(F)(F)F. The first-order valence-electron chi connectivity index (χ1n) is 14.1. The van der Waals surface area contributed by atoms with Crippen LogP contribution in [0, 0.1) is 5.82 Å². The van der Waals surface area contributed by atoms with Crippen molar-refractivity contribution in [2.24, 2.45) is 0 Å². The summed E-state index contributed by atoms with van der Waals surface area (Å²) in [5.74, 6) is -3.83. The highest BCUT2D eigenvalue weighted by atomic mass is 35.5. The third kappa shape index (κ3) is 9.04. The van der Waals surface area contributed by atoms with Gasteiger partial charge in [0.15, 0.2) is 0 Å². The van der Waals surface area contributed by atoms with Crippen molar-refractivity contribution in [3.63, 3.8) is 0 Å². The summed E-state index contributed by atoms with van der Waals surface area (Å²) in [4.78, 5) is 13.5. The van der Waals surface area contributed by atoms with E-state index in [4.69, 9.17) is 16.3 Å². The average molecular weight is 684 g/mol. The molecule has 0 aliphatic heterocycles. The Balaban J connectivity index is 1.57. The normalized spacial score (nSPS) is 12.2. The predicted molar refractivity (Wildman–Crippen MR) is 165 cm³/mol. The fraction of sp³-hybridized carbons (Fsp3) is 0.265. The Morgan fingerprint density at radius 3 is 2.04 bits per heavy atom. The van der Waals surface area contributed by atoms with E-state index in [1.54, 1.807) is 0 Å². The third-order valence-corrected chi connectivity index (χ3v) is 8.45. The monoisotopic (exact) mass is 683 g/mol. The first-order chi connectivity index (χ1) is 21.8. The van der Waals surface area contributed by atoms with Gasteiger partial charge in [0.1, 0.15) is 11.6 Å². The molecular formula is C34H29ClF7NO2S. The highest BCUT2D eigenvalue weighted by molar-refractivity contribution is 7.98. The molecule has 244 valence electrons. The number of hydrogen-bond donors (Lipinski definition) is 0. The van der Waals surface area contributed by atoms with Gasteiger partial charge in [0.05, 0.1) is 22.8 Å². The Bertz CT molecular complexity index is 1580. The van der Waals surface area contributed by atoms with Gasteiger partial charge < -0.3 is 4.74 Å². The number of alkyl halides is 6. The molecule has 4 aromatic rings. The topological polar surface area (TPSA) is 29.5 Å². The summed E-state index contributed by atoms with van der Waals surface area (Å²) < 4.78 is 100. The molecule has 0 bridgehead atoms. The molecule has 0 atom stereocenters. The van der Waals surface area contributed by atoms with Gasteiger partial charge in [-0.25, -0.2) is 4.39 Å². The number of halogens is 8. The Labute approximate surface area is 271 Å². The standard InChI is InChI=1S/C34H29ClF7NO2S/c1-46-29-19-25(18-28(36)30(29)32(44)34(40,41)42)45-17-9-16-43(20-24-14-8-15-27(31(24)35)33(37,38)39)21-26(22-10-4-2-5-11-22)23-12-6-3-7-13-23/h2-8,10-15,18-19,26H,9,16-17,20-21H2,1H3. The summed E-state index contributed by atoms with van der Waals surface area (Å²) in [6.07, 6.45) is -8.13. The summed E-state index contributed by atoms with van der Waals surface area (Å²) in [6.45, 7) is 0.817. The molecule has 0 aliphatic rings. The molecule has 0 saturated heterocycles. The molecular weight excluding hydrogens is 655 g/mol. The van der Waals surface area contributed by atoms with Gasteiger partial charge in [-0.1, -0.05) is 84.4 Å². The fourth-order valence-electron chi connectivity index (χ4n) is 5.07. The molecule has 3 nitrogen and oxygen atoms in total. The molecule has 0 aliphatic carbocycles. The first kappa shape index (κ1) is 35.3. The maximum atomic E-state index is 14.7. The van der Waals surface area contributed by atoms with E-state index in [-0.39, 0.29) is 40.3 Å². The number of carbonyl (C=O) groups excluding carboxylic acids is 1. The van der Waals surface area contributed by atoms with E-state index in [1.807, 2.05) is 65.6 Å². The molecule has 4 rings (SSSR count). The number of carbonyl (C=O) groups is 1. The van der Waals surface area contributed by atoms with Crippen LogP contribution < -0.4 is 4.74 Å². The fourth-order valence-corrected chi connectivity index (χ4v) is 5.99. The molecule has 0 saturated carbocycles. The number of ketones is 1. The zero-order chi connectivity index (χ0) is 33.5. The lowest BCUT2D eigenvalue weighted by atomic mass is 9.90. The molecule has 0 unspecified atom stereocenters. The van der Waals surface area contributed by atoms with Gasteiger partial charge in [0.25, 0.3) is 5.78 Å². The summed E-state index contributed by atoms with van der Waals surface area (Å²) in [5, 5.41) is -0.388. The van der Waals surface area contributed by atoms with E-state index in [9.17, 15) is 35.5 Å². The molecule has 46 heavy (non-hydrogen) atoms. The quantitative estimate of drug-likeness (QED) is 0.0607. The van der Waals surface area contributed by atoms with Gasteiger partial charge in [-0.3, -0.25) is 9.69 Å². The van der Waals surface area contributed by atoms with Gasteiger partial charge in [-0.05, 0) is 41.5 Å². The van der Waals surface area contributed by atoms with Crippen LogP contribution in [0.3, 0.4) is 0 Å². The van der Waals surface area contributed by atoms with Crippen LogP contribution in [0.2, 0.25) is 5.02 Å². The second-order valence-electron chi connectivity index (χ2n) is 10.4.